The molecule has 8 atom stereocenters. The highest BCUT2D eigenvalue weighted by molar-refractivity contribution is 6.61. The van der Waals surface area contributed by atoms with Gasteiger partial charge in [0.15, 0.2) is 18.2 Å². The number of carbonyl (C=O) groups excluding carboxylic acids is 2. The number of hydrogen-bond donors (Lipinski definition) is 3. The quantitative estimate of drug-likeness (QED) is 0.338. The van der Waals surface area contributed by atoms with Crippen LogP contribution in [0.25, 0.3) is 0 Å². The van der Waals surface area contributed by atoms with Crippen LogP contribution in [0.2, 0.25) is 0 Å². The smallest absolute Gasteiger partial charge is 0.479 e. The molecule has 4 aliphatic carbocycles. The van der Waals surface area contributed by atoms with E-state index < -0.39 is 48.5 Å². The van der Waals surface area contributed by atoms with E-state index in [0.717, 1.165) is 32.1 Å². The average Bonchev–Trinajstić information content (AvgIpc) is 3.61. The Morgan fingerprint density at radius 2 is 1.98 bits per heavy atom. The van der Waals surface area contributed by atoms with Gasteiger partial charge in [0.2, 0.25) is 0 Å². The molecule has 10 heteroatoms. The predicted molar refractivity (Wildman–Crippen MR) is 150 cm³/mol. The first kappa shape index (κ1) is 29.1. The van der Waals surface area contributed by atoms with E-state index in [9.17, 15) is 19.7 Å². The van der Waals surface area contributed by atoms with E-state index in [-0.39, 0.29) is 46.8 Å². The second kappa shape index (κ2) is 10.3. The number of ether oxygens (including phenoxy) is 2. The van der Waals surface area contributed by atoms with E-state index in [4.69, 9.17) is 14.1 Å². The number of rotatable bonds is 7. The van der Waals surface area contributed by atoms with E-state index >= 15 is 4.39 Å². The first-order valence-electron chi connectivity index (χ1n) is 15.3. The molecule has 1 aliphatic heterocycles. The molecule has 8 nitrogen and oxygen atoms in total. The van der Waals surface area contributed by atoms with E-state index in [1.807, 2.05) is 0 Å². The first-order valence-corrected chi connectivity index (χ1v) is 15.3. The van der Waals surface area contributed by atoms with Crippen molar-refractivity contribution in [1.82, 2.24) is 5.32 Å². The number of hydrogen-bond acceptors (Lipinski definition) is 8. The highest BCUT2D eigenvalue weighted by atomic mass is 19.1. The summed E-state index contributed by atoms with van der Waals surface area (Å²) in [5, 5.41) is 25.5. The number of fused-ring (bicyclic) bond motifs is 1. The third kappa shape index (κ3) is 4.64. The lowest BCUT2D eigenvalue weighted by Crippen LogP contribution is -2.64. The van der Waals surface area contributed by atoms with Crippen molar-refractivity contribution in [2.24, 2.45) is 34.0 Å². The van der Waals surface area contributed by atoms with E-state index in [0.29, 0.717) is 31.0 Å². The van der Waals surface area contributed by atoms with Crippen LogP contribution in [0.3, 0.4) is 0 Å². The lowest BCUT2D eigenvalue weighted by atomic mass is 9.44. The molecule has 3 N–H and O–H groups in total. The third-order valence-corrected chi connectivity index (χ3v) is 11.8. The fourth-order valence-electron chi connectivity index (χ4n) is 8.89. The Morgan fingerprint density at radius 1 is 1.22 bits per heavy atom. The van der Waals surface area contributed by atoms with Crippen molar-refractivity contribution in [3.05, 3.63) is 23.5 Å². The minimum Gasteiger partial charge on any atom is -0.479 e. The molecule has 5 aliphatic rings. The molecule has 0 saturated heterocycles. The summed E-state index contributed by atoms with van der Waals surface area (Å²) < 4.78 is 32.0. The zero-order valence-electron chi connectivity index (χ0n) is 24.6. The topological polar surface area (TPSA) is 114 Å². The molecule has 1 aromatic carbocycles. The van der Waals surface area contributed by atoms with Gasteiger partial charge in [0.05, 0.1) is 12.7 Å². The van der Waals surface area contributed by atoms with Crippen molar-refractivity contribution in [3.63, 3.8) is 0 Å². The second-order valence-electron chi connectivity index (χ2n) is 14.1. The molecule has 1 aromatic rings. The minimum atomic E-state index is -1.37. The van der Waals surface area contributed by atoms with E-state index in [1.165, 1.54) is 6.07 Å². The van der Waals surface area contributed by atoms with E-state index in [1.54, 1.807) is 6.07 Å². The zero-order chi connectivity index (χ0) is 29.3. The number of benzene rings is 1. The molecular formula is C31H43BFNO7. The summed E-state index contributed by atoms with van der Waals surface area (Å²) in [5.74, 6) is -1.61. The molecule has 0 spiro atoms. The fourth-order valence-corrected chi connectivity index (χ4v) is 8.89. The monoisotopic (exact) mass is 571 g/mol. The van der Waals surface area contributed by atoms with Gasteiger partial charge in [0.1, 0.15) is 11.9 Å². The molecule has 0 amide bonds. The molecule has 2 bridgehead atoms. The van der Waals surface area contributed by atoms with Crippen LogP contribution >= 0.6 is 0 Å². The number of halogens is 1. The summed E-state index contributed by atoms with van der Waals surface area (Å²) in [6, 6.07) is 3.49. The molecule has 41 heavy (non-hydrogen) atoms. The molecule has 6 rings (SSSR count). The fraction of sp³-hybridized carbons (Fsp3) is 0.742. The van der Waals surface area contributed by atoms with Crippen LogP contribution in [-0.4, -0.2) is 60.4 Å². The Labute approximate surface area is 241 Å². The van der Waals surface area contributed by atoms with Gasteiger partial charge < -0.3 is 29.6 Å². The Hall–Kier alpha value is -2.01. The Balaban J connectivity index is 1.29. The van der Waals surface area contributed by atoms with Gasteiger partial charge in [-0.3, -0.25) is 4.79 Å². The van der Waals surface area contributed by atoms with Crippen molar-refractivity contribution in [2.75, 3.05) is 13.2 Å². The SMILES string of the molecule is C[C@H]1[C@H](O)[C@](C)(CNC2CC2)C[C@@H](OC(=O)COc2ccc3c(c2F)B(O)OC3)[C@@]2(C)[C@@H]3C(=O)CC[C@]31CC[C@@H]2C. The van der Waals surface area contributed by atoms with Crippen LogP contribution in [-0.2, 0) is 25.6 Å². The molecule has 0 unspecified atom stereocenters. The maximum absolute atomic E-state index is 15.0. The van der Waals surface area contributed by atoms with Crippen LogP contribution < -0.4 is 15.5 Å². The van der Waals surface area contributed by atoms with Crippen LogP contribution in [0, 0.1) is 39.8 Å². The zero-order valence-corrected chi connectivity index (χ0v) is 24.6. The molecule has 4 saturated carbocycles. The Bertz CT molecular complexity index is 1230. The summed E-state index contributed by atoms with van der Waals surface area (Å²) in [7, 11) is -1.37. The molecule has 224 valence electrons. The Kier molecular flexibility index (Phi) is 7.32. The minimum absolute atomic E-state index is 0.0255. The number of aliphatic hydroxyl groups excluding tert-OH is 1. The van der Waals surface area contributed by atoms with Crippen molar-refractivity contribution < 1.29 is 38.2 Å². The average molecular weight is 571 g/mol. The number of ketones is 1. The van der Waals surface area contributed by atoms with Crippen LogP contribution in [0.15, 0.2) is 12.1 Å². The number of aliphatic hydroxyl groups is 1. The maximum Gasteiger partial charge on any atom is 0.494 e. The number of nitrogens with one attached hydrogen (secondary N) is 1. The summed E-state index contributed by atoms with van der Waals surface area (Å²) >= 11 is 0. The van der Waals surface area contributed by atoms with Gasteiger partial charge in [-0.05, 0) is 67.4 Å². The molecular weight excluding hydrogens is 528 g/mol. The second-order valence-corrected chi connectivity index (χ2v) is 14.1. The van der Waals surface area contributed by atoms with Crippen molar-refractivity contribution >= 4 is 24.3 Å². The summed E-state index contributed by atoms with van der Waals surface area (Å²) in [6.45, 7) is 8.64. The molecule has 0 radical (unpaired) electrons. The first-order chi connectivity index (χ1) is 19.4. The van der Waals surface area contributed by atoms with Crippen molar-refractivity contribution in [1.29, 1.82) is 0 Å². The number of carbonyl (C=O) groups is 2. The highest BCUT2D eigenvalue weighted by Gasteiger charge is 2.68. The van der Waals surface area contributed by atoms with Gasteiger partial charge in [-0.2, -0.15) is 0 Å². The largest absolute Gasteiger partial charge is 0.494 e. The lowest BCUT2D eigenvalue weighted by molar-refractivity contribution is -0.212. The highest BCUT2D eigenvalue weighted by Crippen LogP contribution is 2.67. The lowest BCUT2D eigenvalue weighted by Gasteiger charge is -2.62. The van der Waals surface area contributed by atoms with Gasteiger partial charge in [-0.25, -0.2) is 9.18 Å². The van der Waals surface area contributed by atoms with E-state index in [2.05, 4.69) is 33.0 Å². The summed E-state index contributed by atoms with van der Waals surface area (Å²) in [6.07, 6.45) is 4.34. The van der Waals surface area contributed by atoms with Gasteiger partial charge in [-0.1, -0.05) is 33.8 Å². The number of Topliss-reactive ketones (excluding diaryl/α,β-unsaturated/α-hetero) is 1. The molecule has 4 fully saturated rings. The van der Waals surface area contributed by atoms with Crippen LogP contribution in [0.4, 0.5) is 4.39 Å². The van der Waals surface area contributed by atoms with Crippen LogP contribution in [0.5, 0.6) is 5.75 Å². The van der Waals surface area contributed by atoms with Crippen molar-refractivity contribution in [3.8, 4) is 5.75 Å². The third-order valence-electron chi connectivity index (χ3n) is 11.8. The predicted octanol–water partition coefficient (Wildman–Crippen LogP) is 2.89. The van der Waals surface area contributed by atoms with Crippen molar-refractivity contribution in [2.45, 2.75) is 97.5 Å². The normalized spacial score (nSPS) is 40.0. The van der Waals surface area contributed by atoms with Gasteiger partial charge >= 0.3 is 13.1 Å². The molecule has 0 aromatic heterocycles. The Morgan fingerprint density at radius 3 is 2.71 bits per heavy atom. The molecule has 1 heterocycles. The maximum atomic E-state index is 15.0. The van der Waals surface area contributed by atoms with Gasteiger partial charge in [0.25, 0.3) is 0 Å². The summed E-state index contributed by atoms with van der Waals surface area (Å²) in [5.41, 5.74) is -0.973. The number of esters is 1. The van der Waals surface area contributed by atoms with Gasteiger partial charge in [-0.15, -0.1) is 0 Å². The van der Waals surface area contributed by atoms with Crippen LogP contribution in [0.1, 0.15) is 78.2 Å². The summed E-state index contributed by atoms with van der Waals surface area (Å²) in [4.78, 5) is 27.0. The standard InChI is InChI=1S/C31H43BFNO7/c1-17-9-11-31-12-10-21(35)27(31)30(17,4)23(13-29(3,28(37)18(31)2)16-34-20-6-7-20)41-24(36)15-39-22-8-5-19-14-40-32(38)25(19)26(22)33/h5,8,17-18,20,23,27-28,34,37-38H,6-7,9-16H2,1-4H3/t17-,18-,23+,27-,28-,29-,30-,31-/m0/s1. The van der Waals surface area contributed by atoms with Gasteiger partial charge in [0, 0.05) is 41.2 Å².